The van der Waals surface area contributed by atoms with Crippen LogP contribution in [0.3, 0.4) is 0 Å². The molecule has 8 nitrogen and oxygen atoms in total. The molecule has 0 spiro atoms. The summed E-state index contributed by atoms with van der Waals surface area (Å²) in [5.41, 5.74) is 0.934. The molecule has 2 aliphatic rings. The van der Waals surface area contributed by atoms with Crippen molar-refractivity contribution in [2.45, 2.75) is 38.4 Å². The van der Waals surface area contributed by atoms with Gasteiger partial charge in [0.2, 0.25) is 5.91 Å². The number of amides is 1. The molecule has 9 heteroatoms. The summed E-state index contributed by atoms with van der Waals surface area (Å²) in [6.07, 6.45) is 2.58. The summed E-state index contributed by atoms with van der Waals surface area (Å²) in [4.78, 5) is 18.4. The minimum Gasteiger partial charge on any atom is -0.351 e. The fourth-order valence-electron chi connectivity index (χ4n) is 3.55. The number of fused-ring (bicyclic) bond motifs is 1. The van der Waals surface area contributed by atoms with Gasteiger partial charge in [-0.3, -0.25) is 9.79 Å². The summed E-state index contributed by atoms with van der Waals surface area (Å²) in [5.74, 6) is 2.78. The smallest absolute Gasteiger partial charge is 0.229 e. The molecule has 2 aliphatic heterocycles. The fraction of sp³-hybridized carbons (Fsp3) is 0.444. The van der Waals surface area contributed by atoms with E-state index in [0.29, 0.717) is 25.5 Å². The van der Waals surface area contributed by atoms with Gasteiger partial charge < -0.3 is 20.1 Å². The Bertz CT molecular complexity index is 820. The van der Waals surface area contributed by atoms with Crippen molar-refractivity contribution in [2.24, 2.45) is 4.99 Å². The Labute approximate surface area is 175 Å². The van der Waals surface area contributed by atoms with Gasteiger partial charge in [-0.25, -0.2) is 0 Å². The number of guanidine groups is 1. The molecule has 2 N–H and O–H groups in total. The molecule has 1 unspecified atom stereocenters. The normalized spacial score (nSPS) is 19.0. The molecule has 27 heavy (non-hydrogen) atoms. The third-order valence-electron chi connectivity index (χ3n) is 4.86. The summed E-state index contributed by atoms with van der Waals surface area (Å²) in [5, 5.41) is 15.1. The van der Waals surface area contributed by atoms with Gasteiger partial charge in [-0.1, -0.05) is 18.2 Å². The molecule has 0 bridgehead atoms. The van der Waals surface area contributed by atoms with Crippen LogP contribution in [0.25, 0.3) is 0 Å². The lowest BCUT2D eigenvalue weighted by Gasteiger charge is -2.19. The minimum absolute atomic E-state index is 0. The molecule has 1 aromatic heterocycles. The van der Waals surface area contributed by atoms with Crippen LogP contribution in [0.4, 0.5) is 5.69 Å². The van der Waals surface area contributed by atoms with Gasteiger partial charge >= 0.3 is 0 Å². The molecule has 144 valence electrons. The zero-order chi connectivity index (χ0) is 17.9. The number of carbonyl (C=O) groups is 1. The van der Waals surface area contributed by atoms with Crippen LogP contribution in [0.5, 0.6) is 0 Å². The maximum absolute atomic E-state index is 12.3. The summed E-state index contributed by atoms with van der Waals surface area (Å²) < 4.78 is 2.16. The van der Waals surface area contributed by atoms with Crippen molar-refractivity contribution in [2.75, 3.05) is 18.5 Å². The first-order valence-corrected chi connectivity index (χ1v) is 8.98. The van der Waals surface area contributed by atoms with Gasteiger partial charge in [-0.2, -0.15) is 0 Å². The minimum atomic E-state index is 0. The lowest BCUT2D eigenvalue weighted by atomic mass is 10.2. The van der Waals surface area contributed by atoms with Gasteiger partial charge in [-0.15, -0.1) is 34.2 Å². The molecule has 0 aliphatic carbocycles. The molecular weight excluding hydrogens is 457 g/mol. The van der Waals surface area contributed by atoms with E-state index in [1.54, 1.807) is 7.05 Å². The van der Waals surface area contributed by atoms with Gasteiger partial charge in [0.05, 0.1) is 12.6 Å². The van der Waals surface area contributed by atoms with Crippen molar-refractivity contribution in [3.8, 4) is 0 Å². The van der Waals surface area contributed by atoms with Crippen LogP contribution in [0.2, 0.25) is 0 Å². The van der Waals surface area contributed by atoms with Crippen molar-refractivity contribution in [3.63, 3.8) is 0 Å². The van der Waals surface area contributed by atoms with Gasteiger partial charge in [0.25, 0.3) is 0 Å². The number of carbonyl (C=O) groups excluding carboxylic acids is 1. The number of rotatable bonds is 4. The average Bonchev–Trinajstić information content (AvgIpc) is 3.36. The van der Waals surface area contributed by atoms with Gasteiger partial charge in [0.1, 0.15) is 5.82 Å². The zero-order valence-electron chi connectivity index (χ0n) is 15.3. The number of nitrogens with one attached hydrogen (secondary N) is 2. The van der Waals surface area contributed by atoms with E-state index in [1.165, 1.54) is 0 Å². The van der Waals surface area contributed by atoms with Crippen molar-refractivity contribution in [1.29, 1.82) is 0 Å². The second-order valence-electron chi connectivity index (χ2n) is 6.60. The number of halogens is 1. The summed E-state index contributed by atoms with van der Waals surface area (Å²) in [7, 11) is 1.73. The number of hydrogen-bond donors (Lipinski definition) is 2. The Morgan fingerprint density at radius 2 is 2.11 bits per heavy atom. The largest absolute Gasteiger partial charge is 0.351 e. The third-order valence-corrected chi connectivity index (χ3v) is 4.86. The molecule has 1 fully saturated rings. The van der Waals surface area contributed by atoms with E-state index in [4.69, 9.17) is 0 Å². The molecule has 3 heterocycles. The van der Waals surface area contributed by atoms with Crippen molar-refractivity contribution in [1.82, 2.24) is 25.4 Å². The summed E-state index contributed by atoms with van der Waals surface area (Å²) >= 11 is 0. The van der Waals surface area contributed by atoms with Gasteiger partial charge in [0.15, 0.2) is 11.8 Å². The Hall–Kier alpha value is -2.17. The quantitative estimate of drug-likeness (QED) is 0.391. The first-order chi connectivity index (χ1) is 12.7. The highest BCUT2D eigenvalue weighted by atomic mass is 127. The Kier molecular flexibility index (Phi) is 6.30. The maximum atomic E-state index is 12.3. The van der Waals surface area contributed by atoms with E-state index >= 15 is 0 Å². The van der Waals surface area contributed by atoms with Gasteiger partial charge in [0, 0.05) is 38.7 Å². The monoisotopic (exact) mass is 481 g/mol. The lowest BCUT2D eigenvalue weighted by molar-refractivity contribution is -0.117. The van der Waals surface area contributed by atoms with E-state index in [2.05, 4.69) is 30.4 Å². The lowest BCUT2D eigenvalue weighted by Crippen LogP contribution is -2.44. The SMILES string of the molecule is CN=C(NCc1nnc2n1CCC2)NC1CC(=O)N(c2ccccc2)C1.I. The molecular formula is C18H24IN7O. The summed E-state index contributed by atoms with van der Waals surface area (Å²) in [6, 6.07) is 9.78. The average molecular weight is 481 g/mol. The molecule has 0 radical (unpaired) electrons. The molecule has 0 saturated carbocycles. The maximum Gasteiger partial charge on any atom is 0.229 e. The molecule has 1 aromatic carbocycles. The molecule has 1 amide bonds. The first kappa shape index (κ1) is 19.6. The van der Waals surface area contributed by atoms with E-state index in [0.717, 1.165) is 36.7 Å². The van der Waals surface area contributed by atoms with Crippen LogP contribution in [-0.2, 0) is 24.3 Å². The number of benzene rings is 1. The highest BCUT2D eigenvalue weighted by Crippen LogP contribution is 2.21. The molecule has 1 saturated heterocycles. The van der Waals surface area contributed by atoms with Crippen LogP contribution in [0, 0.1) is 0 Å². The van der Waals surface area contributed by atoms with Crippen LogP contribution >= 0.6 is 24.0 Å². The number of aromatic nitrogens is 3. The Balaban J connectivity index is 0.00000210. The van der Waals surface area contributed by atoms with E-state index < -0.39 is 0 Å². The highest BCUT2D eigenvalue weighted by molar-refractivity contribution is 14.0. The Morgan fingerprint density at radius 3 is 2.89 bits per heavy atom. The van der Waals surface area contributed by atoms with Crippen LogP contribution in [-0.4, -0.2) is 46.3 Å². The highest BCUT2D eigenvalue weighted by Gasteiger charge is 2.31. The third kappa shape index (κ3) is 4.23. The predicted octanol–water partition coefficient (Wildman–Crippen LogP) is 1.31. The van der Waals surface area contributed by atoms with E-state index in [1.807, 2.05) is 35.2 Å². The topological polar surface area (TPSA) is 87.4 Å². The fourth-order valence-corrected chi connectivity index (χ4v) is 3.55. The van der Waals surface area contributed by atoms with Crippen molar-refractivity contribution >= 4 is 41.5 Å². The number of aryl methyl sites for hydroxylation is 1. The first-order valence-electron chi connectivity index (χ1n) is 8.98. The van der Waals surface area contributed by atoms with Crippen LogP contribution in [0.15, 0.2) is 35.3 Å². The molecule has 2 aromatic rings. The zero-order valence-corrected chi connectivity index (χ0v) is 17.6. The van der Waals surface area contributed by atoms with Crippen LogP contribution < -0.4 is 15.5 Å². The number of hydrogen-bond acceptors (Lipinski definition) is 4. The van der Waals surface area contributed by atoms with E-state index in [9.17, 15) is 4.79 Å². The second kappa shape index (κ2) is 8.68. The molecule has 1 atom stereocenters. The number of nitrogens with zero attached hydrogens (tertiary/aromatic N) is 5. The number of anilines is 1. The van der Waals surface area contributed by atoms with Gasteiger partial charge in [-0.05, 0) is 18.6 Å². The Morgan fingerprint density at radius 1 is 1.30 bits per heavy atom. The number of aliphatic imine (C=N–C) groups is 1. The number of para-hydroxylation sites is 1. The molecule has 4 rings (SSSR count). The van der Waals surface area contributed by atoms with Crippen molar-refractivity contribution < 1.29 is 4.79 Å². The van der Waals surface area contributed by atoms with Crippen molar-refractivity contribution in [3.05, 3.63) is 42.0 Å². The predicted molar refractivity (Wildman–Crippen MR) is 114 cm³/mol. The van der Waals surface area contributed by atoms with Crippen LogP contribution in [0.1, 0.15) is 24.5 Å². The summed E-state index contributed by atoms with van der Waals surface area (Å²) in [6.45, 7) is 2.17. The standard InChI is InChI=1S/C18H23N7O.HI/c1-19-18(20-11-16-23-22-15-8-5-9-24(15)16)21-13-10-17(26)25(12-13)14-6-3-2-4-7-14;/h2-4,6-7,13H,5,8-12H2,1H3,(H2,19,20,21);1H. The second-order valence-corrected chi connectivity index (χ2v) is 6.60. The van der Waals surface area contributed by atoms with E-state index in [-0.39, 0.29) is 35.9 Å².